The van der Waals surface area contributed by atoms with E-state index in [0.29, 0.717) is 0 Å². The predicted molar refractivity (Wildman–Crippen MR) is 36.8 cm³/mol. The van der Waals surface area contributed by atoms with Crippen molar-refractivity contribution in [2.24, 2.45) is 5.41 Å². The minimum absolute atomic E-state index is 0.139. The van der Waals surface area contributed by atoms with Crippen LogP contribution in [0.3, 0.4) is 0 Å². The maximum Gasteiger partial charge on any atom is 0.133 e. The van der Waals surface area contributed by atoms with Gasteiger partial charge in [-0.3, -0.25) is 0 Å². The Balaban J connectivity index is 2.19. The largest absolute Gasteiger partial charge is 0.396 e. The van der Waals surface area contributed by atoms with Crippen molar-refractivity contribution in [2.45, 2.75) is 12.8 Å². The lowest BCUT2D eigenvalue weighted by atomic mass is 10.2. The fourth-order valence-corrected chi connectivity index (χ4v) is 1.46. The first-order valence-corrected chi connectivity index (χ1v) is 3.93. The van der Waals surface area contributed by atoms with E-state index in [0.717, 1.165) is 18.6 Å². The van der Waals surface area contributed by atoms with Crippen LogP contribution in [0, 0.1) is 16.1 Å². The summed E-state index contributed by atoms with van der Waals surface area (Å²) >= 11 is 1.25. The summed E-state index contributed by atoms with van der Waals surface area (Å²) in [6.07, 6.45) is 2.19. The molecule has 0 unspecified atom stereocenters. The molecular formula is C6H9NOS. The average molecular weight is 143 g/mol. The number of aliphatic hydroxyl groups excluding tert-OH is 1. The third-order valence-electron chi connectivity index (χ3n) is 1.74. The highest BCUT2D eigenvalue weighted by molar-refractivity contribution is 8.03. The van der Waals surface area contributed by atoms with Gasteiger partial charge in [0.05, 0.1) is 0 Å². The Hall–Kier alpha value is -0.200. The lowest BCUT2D eigenvalue weighted by Gasteiger charge is -2.05. The van der Waals surface area contributed by atoms with Crippen LogP contribution >= 0.6 is 11.8 Å². The monoisotopic (exact) mass is 143 g/mol. The van der Waals surface area contributed by atoms with Crippen LogP contribution in [0.15, 0.2) is 0 Å². The third-order valence-corrected chi connectivity index (χ3v) is 2.62. The molecule has 1 saturated carbocycles. The number of nitriles is 1. The van der Waals surface area contributed by atoms with Crippen LogP contribution in [0.4, 0.5) is 0 Å². The van der Waals surface area contributed by atoms with Crippen LogP contribution in [0.5, 0.6) is 0 Å². The van der Waals surface area contributed by atoms with Gasteiger partial charge in [0.15, 0.2) is 0 Å². The van der Waals surface area contributed by atoms with E-state index < -0.39 is 0 Å². The lowest BCUT2D eigenvalue weighted by molar-refractivity contribution is 0.227. The van der Waals surface area contributed by atoms with E-state index in [2.05, 4.69) is 0 Å². The van der Waals surface area contributed by atoms with Crippen LogP contribution in [0.1, 0.15) is 12.8 Å². The molecule has 2 nitrogen and oxygen atoms in total. The highest BCUT2D eigenvalue weighted by Gasteiger charge is 2.41. The van der Waals surface area contributed by atoms with Crippen molar-refractivity contribution >= 4 is 11.8 Å². The zero-order valence-corrected chi connectivity index (χ0v) is 5.95. The van der Waals surface area contributed by atoms with E-state index in [4.69, 9.17) is 10.4 Å². The van der Waals surface area contributed by atoms with Gasteiger partial charge in [0.2, 0.25) is 0 Å². The van der Waals surface area contributed by atoms with Gasteiger partial charge < -0.3 is 5.11 Å². The van der Waals surface area contributed by atoms with Crippen LogP contribution < -0.4 is 0 Å². The van der Waals surface area contributed by atoms with Gasteiger partial charge in [-0.1, -0.05) is 0 Å². The zero-order chi connectivity index (χ0) is 6.74. The van der Waals surface area contributed by atoms with Crippen molar-refractivity contribution in [3.63, 3.8) is 0 Å². The normalized spacial score (nSPS) is 20.9. The van der Waals surface area contributed by atoms with E-state index in [9.17, 15) is 0 Å². The van der Waals surface area contributed by atoms with Crippen molar-refractivity contribution < 1.29 is 5.11 Å². The molecule has 1 aliphatic rings. The Bertz CT molecular complexity index is 136. The molecular weight excluding hydrogens is 134 g/mol. The molecule has 0 spiro atoms. The second-order valence-electron chi connectivity index (χ2n) is 2.54. The molecule has 1 N–H and O–H groups in total. The molecule has 0 aromatic carbocycles. The second kappa shape index (κ2) is 2.59. The Morgan fingerprint density at radius 2 is 2.33 bits per heavy atom. The van der Waals surface area contributed by atoms with Gasteiger partial charge in [0.25, 0.3) is 0 Å². The molecule has 0 bridgehead atoms. The van der Waals surface area contributed by atoms with Crippen molar-refractivity contribution in [1.29, 1.82) is 5.26 Å². The summed E-state index contributed by atoms with van der Waals surface area (Å²) < 4.78 is 0. The van der Waals surface area contributed by atoms with E-state index in [1.165, 1.54) is 11.8 Å². The molecule has 9 heavy (non-hydrogen) atoms. The summed E-state index contributed by atoms with van der Waals surface area (Å²) in [7, 11) is 0. The summed E-state index contributed by atoms with van der Waals surface area (Å²) in [6.45, 7) is 0.252. The maximum absolute atomic E-state index is 8.76. The highest BCUT2D eigenvalue weighted by Crippen LogP contribution is 2.47. The Kier molecular flexibility index (Phi) is 1.99. The molecule has 0 saturated heterocycles. The molecule has 0 aromatic heterocycles. The SMILES string of the molecule is N#CSCC1(CO)CC1. The van der Waals surface area contributed by atoms with Crippen LogP contribution in [0.25, 0.3) is 0 Å². The van der Waals surface area contributed by atoms with E-state index >= 15 is 0 Å². The fourth-order valence-electron chi connectivity index (χ4n) is 0.710. The molecule has 0 amide bonds. The van der Waals surface area contributed by atoms with Crippen LogP contribution in [-0.2, 0) is 0 Å². The van der Waals surface area contributed by atoms with Gasteiger partial charge in [-0.25, -0.2) is 0 Å². The summed E-state index contributed by atoms with van der Waals surface area (Å²) in [6, 6.07) is 0. The van der Waals surface area contributed by atoms with Crippen LogP contribution in [-0.4, -0.2) is 17.5 Å². The molecule has 0 atom stereocenters. The number of thiocyanates is 1. The smallest absolute Gasteiger partial charge is 0.133 e. The molecule has 0 radical (unpaired) electrons. The lowest BCUT2D eigenvalue weighted by Crippen LogP contribution is -2.08. The van der Waals surface area contributed by atoms with Crippen molar-refractivity contribution in [3.05, 3.63) is 0 Å². The Morgan fingerprint density at radius 1 is 1.67 bits per heavy atom. The number of thioether (sulfide) groups is 1. The summed E-state index contributed by atoms with van der Waals surface area (Å²) in [4.78, 5) is 0. The molecule has 1 fully saturated rings. The summed E-state index contributed by atoms with van der Waals surface area (Å²) in [5, 5.41) is 18.9. The molecule has 50 valence electrons. The Morgan fingerprint density at radius 3 is 2.67 bits per heavy atom. The van der Waals surface area contributed by atoms with E-state index in [1.54, 1.807) is 0 Å². The molecule has 0 aliphatic heterocycles. The predicted octanol–water partition coefficient (Wildman–Crippen LogP) is 0.973. The van der Waals surface area contributed by atoms with Crippen LogP contribution in [0.2, 0.25) is 0 Å². The third kappa shape index (κ3) is 1.60. The highest BCUT2D eigenvalue weighted by atomic mass is 32.2. The van der Waals surface area contributed by atoms with Gasteiger partial charge in [-0.2, -0.15) is 5.26 Å². The first-order valence-electron chi connectivity index (χ1n) is 2.95. The maximum atomic E-state index is 8.76. The van der Waals surface area contributed by atoms with Gasteiger partial charge in [-0.05, 0) is 24.6 Å². The van der Waals surface area contributed by atoms with Crippen molar-refractivity contribution in [3.8, 4) is 5.40 Å². The number of rotatable bonds is 3. The molecule has 0 aromatic rings. The molecule has 0 heterocycles. The number of hydrogen-bond acceptors (Lipinski definition) is 3. The Labute approximate surface area is 58.9 Å². The van der Waals surface area contributed by atoms with Gasteiger partial charge in [-0.15, -0.1) is 0 Å². The number of aliphatic hydroxyl groups is 1. The topological polar surface area (TPSA) is 44.0 Å². The fraction of sp³-hybridized carbons (Fsp3) is 0.833. The molecule has 3 heteroatoms. The van der Waals surface area contributed by atoms with Gasteiger partial charge >= 0.3 is 0 Å². The number of nitrogens with zero attached hydrogens (tertiary/aromatic N) is 1. The quantitative estimate of drug-likeness (QED) is 0.599. The van der Waals surface area contributed by atoms with Crippen molar-refractivity contribution in [2.75, 3.05) is 12.4 Å². The second-order valence-corrected chi connectivity index (χ2v) is 3.30. The minimum Gasteiger partial charge on any atom is -0.396 e. The van der Waals surface area contributed by atoms with Gasteiger partial charge in [0.1, 0.15) is 5.40 Å². The average Bonchev–Trinajstić information content (AvgIpc) is 2.65. The first-order chi connectivity index (χ1) is 4.33. The standard InChI is InChI=1S/C6H9NOS/c7-5-9-4-6(3-8)1-2-6/h8H,1-4H2. The summed E-state index contributed by atoms with van der Waals surface area (Å²) in [5.41, 5.74) is 0.139. The molecule has 1 aliphatic carbocycles. The van der Waals surface area contributed by atoms with Crippen molar-refractivity contribution in [1.82, 2.24) is 0 Å². The minimum atomic E-state index is 0.139. The van der Waals surface area contributed by atoms with E-state index in [1.807, 2.05) is 5.40 Å². The van der Waals surface area contributed by atoms with Gasteiger partial charge in [0, 0.05) is 17.8 Å². The molecule has 1 rings (SSSR count). The summed E-state index contributed by atoms with van der Waals surface area (Å²) in [5.74, 6) is 0.806. The zero-order valence-electron chi connectivity index (χ0n) is 5.13. The first kappa shape index (κ1) is 6.91. The number of hydrogen-bond donors (Lipinski definition) is 1. The van der Waals surface area contributed by atoms with E-state index in [-0.39, 0.29) is 12.0 Å².